The Morgan fingerprint density at radius 2 is 2.05 bits per heavy atom. The van der Waals surface area contributed by atoms with Crippen LogP contribution in [-0.2, 0) is 9.84 Å². The van der Waals surface area contributed by atoms with Crippen LogP contribution in [0.2, 0.25) is 0 Å². The van der Waals surface area contributed by atoms with Crippen molar-refractivity contribution in [3.63, 3.8) is 0 Å². The monoisotopic (exact) mass is 285 g/mol. The Morgan fingerprint density at radius 1 is 1.37 bits per heavy atom. The summed E-state index contributed by atoms with van der Waals surface area (Å²) in [5.74, 6) is 0.271. The van der Waals surface area contributed by atoms with Crippen LogP contribution in [-0.4, -0.2) is 44.4 Å². The fraction of sp³-hybridized carbons (Fsp3) is 0.500. The predicted molar refractivity (Wildman–Crippen MR) is 75.2 cm³/mol. The summed E-state index contributed by atoms with van der Waals surface area (Å²) in [6.45, 7) is 4.56. The number of amides is 1. The van der Waals surface area contributed by atoms with Crippen LogP contribution in [0.3, 0.4) is 0 Å². The van der Waals surface area contributed by atoms with Gasteiger partial charge in [0.15, 0.2) is 0 Å². The van der Waals surface area contributed by atoms with Crippen LogP contribution in [0.1, 0.15) is 23.0 Å². The topological polar surface area (TPSA) is 88.2 Å². The lowest BCUT2D eigenvalue weighted by Crippen LogP contribution is -2.29. The molecule has 0 unspecified atom stereocenters. The molecule has 106 valence electrons. The molecule has 1 amide bonds. The number of hydrogen-bond donors (Lipinski definition) is 2. The van der Waals surface area contributed by atoms with Gasteiger partial charge in [-0.05, 0) is 26.0 Å². The summed E-state index contributed by atoms with van der Waals surface area (Å²) in [5, 5.41) is 5.62. The van der Waals surface area contributed by atoms with Gasteiger partial charge in [-0.1, -0.05) is 0 Å². The molecule has 0 spiro atoms. The zero-order valence-corrected chi connectivity index (χ0v) is 12.2. The molecule has 7 heteroatoms. The Morgan fingerprint density at radius 3 is 2.63 bits per heavy atom. The van der Waals surface area contributed by atoms with Crippen molar-refractivity contribution in [1.29, 1.82) is 0 Å². The second kappa shape index (κ2) is 6.51. The Balaban J connectivity index is 2.71. The molecule has 1 rings (SSSR count). The van der Waals surface area contributed by atoms with Crippen LogP contribution in [0, 0.1) is 6.92 Å². The van der Waals surface area contributed by atoms with Gasteiger partial charge in [0.1, 0.15) is 15.7 Å². The van der Waals surface area contributed by atoms with Crippen molar-refractivity contribution in [3.8, 4) is 0 Å². The zero-order chi connectivity index (χ0) is 14.5. The number of carbonyl (C=O) groups is 1. The molecule has 0 saturated carbocycles. The third kappa shape index (κ3) is 5.69. The molecule has 1 heterocycles. The molecular formula is C12H19N3O3S. The van der Waals surface area contributed by atoms with E-state index in [0.717, 1.165) is 11.9 Å². The lowest BCUT2D eigenvalue weighted by molar-refractivity contribution is 0.0956. The van der Waals surface area contributed by atoms with E-state index in [2.05, 4.69) is 15.6 Å². The van der Waals surface area contributed by atoms with Crippen LogP contribution >= 0.6 is 0 Å². The average molecular weight is 285 g/mol. The van der Waals surface area contributed by atoms with Crippen molar-refractivity contribution in [3.05, 3.63) is 23.4 Å². The van der Waals surface area contributed by atoms with Crippen LogP contribution in [0.4, 0.5) is 5.82 Å². The van der Waals surface area contributed by atoms with Crippen LogP contribution in [0.5, 0.6) is 0 Å². The number of aromatic nitrogens is 1. The molecule has 0 aromatic carbocycles. The normalized spacial score (nSPS) is 11.1. The molecule has 6 nitrogen and oxygen atoms in total. The first-order valence-electron chi connectivity index (χ1n) is 6.00. The summed E-state index contributed by atoms with van der Waals surface area (Å²) in [4.78, 5) is 16.1. The number of nitrogens with one attached hydrogen (secondary N) is 2. The SMILES string of the molecule is CCNc1cc(C(=O)NCCS(C)(=O)=O)cc(C)n1. The number of nitrogens with zero attached hydrogens (tertiary/aromatic N) is 1. The zero-order valence-electron chi connectivity index (χ0n) is 11.4. The summed E-state index contributed by atoms with van der Waals surface area (Å²) < 4.78 is 21.9. The number of rotatable bonds is 6. The van der Waals surface area contributed by atoms with Gasteiger partial charge in [-0.2, -0.15) is 0 Å². The lowest BCUT2D eigenvalue weighted by Gasteiger charge is -2.08. The second-order valence-corrected chi connectivity index (χ2v) is 6.56. The van der Waals surface area contributed by atoms with E-state index >= 15 is 0 Å². The van der Waals surface area contributed by atoms with Crippen molar-refractivity contribution < 1.29 is 13.2 Å². The molecule has 19 heavy (non-hydrogen) atoms. The molecule has 0 aliphatic carbocycles. The number of aryl methyl sites for hydroxylation is 1. The molecule has 0 aliphatic rings. The van der Waals surface area contributed by atoms with Gasteiger partial charge in [-0.3, -0.25) is 4.79 Å². The van der Waals surface area contributed by atoms with Gasteiger partial charge in [0.05, 0.1) is 5.75 Å². The van der Waals surface area contributed by atoms with Gasteiger partial charge < -0.3 is 10.6 Å². The third-order valence-corrected chi connectivity index (χ3v) is 3.28. The molecule has 2 N–H and O–H groups in total. The van der Waals surface area contributed by atoms with Gasteiger partial charge in [-0.15, -0.1) is 0 Å². The molecule has 0 saturated heterocycles. The van der Waals surface area contributed by atoms with Gasteiger partial charge in [0, 0.05) is 30.6 Å². The van der Waals surface area contributed by atoms with E-state index in [1.807, 2.05) is 6.92 Å². The molecule has 0 radical (unpaired) electrons. The van der Waals surface area contributed by atoms with Crippen molar-refractivity contribution in [2.45, 2.75) is 13.8 Å². The van der Waals surface area contributed by atoms with E-state index in [4.69, 9.17) is 0 Å². The van der Waals surface area contributed by atoms with E-state index in [1.165, 1.54) is 0 Å². The average Bonchev–Trinajstić information content (AvgIpc) is 2.26. The van der Waals surface area contributed by atoms with Crippen molar-refractivity contribution >= 4 is 21.6 Å². The summed E-state index contributed by atoms with van der Waals surface area (Å²) in [5.41, 5.74) is 1.20. The maximum atomic E-state index is 11.9. The molecule has 0 atom stereocenters. The van der Waals surface area contributed by atoms with E-state index in [0.29, 0.717) is 17.9 Å². The van der Waals surface area contributed by atoms with E-state index in [9.17, 15) is 13.2 Å². The maximum Gasteiger partial charge on any atom is 0.251 e. The number of hydrogen-bond acceptors (Lipinski definition) is 5. The first-order chi connectivity index (χ1) is 8.81. The second-order valence-electron chi connectivity index (χ2n) is 4.30. The summed E-state index contributed by atoms with van der Waals surface area (Å²) in [7, 11) is -3.07. The summed E-state index contributed by atoms with van der Waals surface area (Å²) >= 11 is 0. The van der Waals surface area contributed by atoms with Crippen molar-refractivity contribution in [1.82, 2.24) is 10.3 Å². The predicted octanol–water partition coefficient (Wildman–Crippen LogP) is 0.596. The molecular weight excluding hydrogens is 266 g/mol. The molecule has 1 aromatic rings. The first kappa shape index (κ1) is 15.4. The fourth-order valence-electron chi connectivity index (χ4n) is 1.52. The largest absolute Gasteiger partial charge is 0.370 e. The maximum absolute atomic E-state index is 11.9. The molecule has 1 aromatic heterocycles. The first-order valence-corrected chi connectivity index (χ1v) is 8.06. The Hall–Kier alpha value is -1.63. The van der Waals surface area contributed by atoms with E-state index in [-0.39, 0.29) is 18.2 Å². The third-order valence-electron chi connectivity index (χ3n) is 2.33. The number of anilines is 1. The highest BCUT2D eigenvalue weighted by Gasteiger charge is 2.09. The lowest BCUT2D eigenvalue weighted by atomic mass is 10.2. The van der Waals surface area contributed by atoms with Crippen LogP contribution in [0.15, 0.2) is 12.1 Å². The van der Waals surface area contributed by atoms with Crippen LogP contribution in [0.25, 0.3) is 0 Å². The van der Waals surface area contributed by atoms with E-state index < -0.39 is 9.84 Å². The molecule has 0 bridgehead atoms. The highest BCUT2D eigenvalue weighted by Crippen LogP contribution is 2.09. The number of pyridine rings is 1. The molecule has 0 aliphatic heterocycles. The van der Waals surface area contributed by atoms with E-state index in [1.54, 1.807) is 19.1 Å². The van der Waals surface area contributed by atoms with Gasteiger partial charge in [-0.25, -0.2) is 13.4 Å². The summed E-state index contributed by atoms with van der Waals surface area (Å²) in [6, 6.07) is 3.31. The fourth-order valence-corrected chi connectivity index (χ4v) is 2.00. The quantitative estimate of drug-likeness (QED) is 0.799. The minimum atomic E-state index is -3.07. The Kier molecular flexibility index (Phi) is 5.29. The van der Waals surface area contributed by atoms with Gasteiger partial charge in [0.25, 0.3) is 5.91 Å². The minimum absolute atomic E-state index is 0.0666. The number of carbonyl (C=O) groups excluding carboxylic acids is 1. The summed E-state index contributed by atoms with van der Waals surface area (Å²) in [6.07, 6.45) is 1.14. The van der Waals surface area contributed by atoms with Crippen LogP contribution < -0.4 is 10.6 Å². The Bertz CT molecular complexity index is 555. The number of sulfone groups is 1. The highest BCUT2D eigenvalue weighted by molar-refractivity contribution is 7.90. The Labute approximate surface area is 113 Å². The highest BCUT2D eigenvalue weighted by atomic mass is 32.2. The van der Waals surface area contributed by atoms with Gasteiger partial charge in [0.2, 0.25) is 0 Å². The smallest absolute Gasteiger partial charge is 0.251 e. The molecule has 0 fully saturated rings. The van der Waals surface area contributed by atoms with Crippen molar-refractivity contribution in [2.75, 3.05) is 30.4 Å². The van der Waals surface area contributed by atoms with Gasteiger partial charge >= 0.3 is 0 Å². The van der Waals surface area contributed by atoms with Crippen molar-refractivity contribution in [2.24, 2.45) is 0 Å². The minimum Gasteiger partial charge on any atom is -0.370 e. The standard InChI is InChI=1S/C12H19N3O3S/c1-4-13-11-8-10(7-9(2)15-11)12(16)14-5-6-19(3,17)18/h7-8H,4-6H2,1-3H3,(H,13,15)(H,14,16).